The Hall–Kier alpha value is -1.20. The molecule has 0 aliphatic heterocycles. The van der Waals surface area contributed by atoms with E-state index in [2.05, 4.69) is 24.5 Å². The molecule has 0 saturated carbocycles. The molecule has 0 spiro atoms. The van der Waals surface area contributed by atoms with Gasteiger partial charge >= 0.3 is 0 Å². The number of benzene rings is 1. The summed E-state index contributed by atoms with van der Waals surface area (Å²) in [6.07, 6.45) is 10.5. The number of ether oxygens (including phenoxy) is 1. The summed E-state index contributed by atoms with van der Waals surface area (Å²) in [4.78, 5) is 4.31. The molecule has 0 aliphatic carbocycles. The van der Waals surface area contributed by atoms with E-state index in [1.165, 1.54) is 56.3 Å². The van der Waals surface area contributed by atoms with E-state index < -0.39 is 0 Å². The zero-order valence-electron chi connectivity index (χ0n) is 14.5. The molecule has 2 rings (SSSR count). The molecule has 24 heavy (non-hydrogen) atoms. The van der Waals surface area contributed by atoms with Crippen molar-refractivity contribution in [1.82, 2.24) is 4.98 Å². The van der Waals surface area contributed by atoms with E-state index in [0.29, 0.717) is 5.13 Å². The highest BCUT2D eigenvalue weighted by atomic mass is 32.2. The SMILES string of the molecule is CCCCCCCCCCOc1ccc(-c2nc(N)sc2S)cc1. The minimum absolute atomic E-state index is 0.546. The minimum Gasteiger partial charge on any atom is -0.494 e. The number of nitrogens with two attached hydrogens (primary N) is 1. The first-order valence-electron chi connectivity index (χ1n) is 8.89. The topological polar surface area (TPSA) is 48.1 Å². The number of unbranched alkanes of at least 4 members (excludes halogenated alkanes) is 7. The van der Waals surface area contributed by atoms with Crippen molar-refractivity contribution in [2.24, 2.45) is 0 Å². The Morgan fingerprint density at radius 2 is 1.62 bits per heavy atom. The lowest BCUT2D eigenvalue weighted by Gasteiger charge is -2.07. The maximum absolute atomic E-state index is 5.82. The van der Waals surface area contributed by atoms with Crippen molar-refractivity contribution < 1.29 is 4.74 Å². The van der Waals surface area contributed by atoms with Gasteiger partial charge in [-0.15, -0.1) is 12.6 Å². The van der Waals surface area contributed by atoms with Crippen molar-refractivity contribution >= 4 is 29.1 Å². The summed E-state index contributed by atoms with van der Waals surface area (Å²) in [5.74, 6) is 0.908. The fourth-order valence-corrected chi connectivity index (χ4v) is 3.71. The zero-order chi connectivity index (χ0) is 17.2. The van der Waals surface area contributed by atoms with Crippen molar-refractivity contribution in [2.45, 2.75) is 62.5 Å². The minimum atomic E-state index is 0.546. The van der Waals surface area contributed by atoms with Crippen LogP contribution in [0.25, 0.3) is 11.3 Å². The van der Waals surface area contributed by atoms with Crippen LogP contribution in [0.5, 0.6) is 5.75 Å². The van der Waals surface area contributed by atoms with Gasteiger partial charge in [-0.25, -0.2) is 4.98 Å². The fourth-order valence-electron chi connectivity index (χ4n) is 2.65. The van der Waals surface area contributed by atoms with Gasteiger partial charge in [0.05, 0.1) is 16.5 Å². The first-order chi connectivity index (χ1) is 11.7. The fraction of sp³-hybridized carbons (Fsp3) is 0.526. The van der Waals surface area contributed by atoms with Gasteiger partial charge in [0.1, 0.15) is 5.75 Å². The van der Waals surface area contributed by atoms with Crippen LogP contribution in [0, 0.1) is 0 Å². The first kappa shape index (κ1) is 19.1. The average molecular weight is 365 g/mol. The van der Waals surface area contributed by atoms with Crippen LogP contribution in [0.15, 0.2) is 28.5 Å². The summed E-state index contributed by atoms with van der Waals surface area (Å²) in [6.45, 7) is 3.04. The van der Waals surface area contributed by atoms with Crippen LogP contribution in [0.3, 0.4) is 0 Å². The number of nitrogens with zero attached hydrogens (tertiary/aromatic N) is 1. The summed E-state index contributed by atoms with van der Waals surface area (Å²) < 4.78 is 6.66. The summed E-state index contributed by atoms with van der Waals surface area (Å²) >= 11 is 5.81. The monoisotopic (exact) mass is 364 g/mol. The van der Waals surface area contributed by atoms with Gasteiger partial charge in [-0.2, -0.15) is 0 Å². The maximum Gasteiger partial charge on any atom is 0.181 e. The van der Waals surface area contributed by atoms with Gasteiger partial charge in [-0.3, -0.25) is 0 Å². The molecule has 0 atom stereocenters. The van der Waals surface area contributed by atoms with Crippen LogP contribution in [0.2, 0.25) is 0 Å². The summed E-state index contributed by atoms with van der Waals surface area (Å²) in [7, 11) is 0. The van der Waals surface area contributed by atoms with E-state index in [1.54, 1.807) is 0 Å². The molecular weight excluding hydrogens is 336 g/mol. The largest absolute Gasteiger partial charge is 0.494 e. The summed E-state index contributed by atoms with van der Waals surface area (Å²) in [6, 6.07) is 8.00. The normalized spacial score (nSPS) is 10.9. The van der Waals surface area contributed by atoms with Crippen LogP contribution in [-0.4, -0.2) is 11.6 Å². The molecule has 0 saturated heterocycles. The molecule has 5 heteroatoms. The Kier molecular flexibility index (Phi) is 8.47. The van der Waals surface area contributed by atoms with Gasteiger partial charge < -0.3 is 10.5 Å². The second-order valence-electron chi connectivity index (χ2n) is 6.05. The highest BCUT2D eigenvalue weighted by Gasteiger charge is 2.08. The zero-order valence-corrected chi connectivity index (χ0v) is 16.2. The van der Waals surface area contributed by atoms with Crippen LogP contribution in [0.4, 0.5) is 5.13 Å². The van der Waals surface area contributed by atoms with E-state index >= 15 is 0 Å². The van der Waals surface area contributed by atoms with E-state index in [4.69, 9.17) is 10.5 Å². The molecule has 0 fully saturated rings. The van der Waals surface area contributed by atoms with Gasteiger partial charge in [0.25, 0.3) is 0 Å². The third kappa shape index (κ3) is 6.36. The van der Waals surface area contributed by atoms with E-state index in [-0.39, 0.29) is 0 Å². The smallest absolute Gasteiger partial charge is 0.181 e. The summed E-state index contributed by atoms with van der Waals surface area (Å²) in [5.41, 5.74) is 7.58. The van der Waals surface area contributed by atoms with Gasteiger partial charge in [0, 0.05) is 5.56 Å². The van der Waals surface area contributed by atoms with Crippen molar-refractivity contribution in [3.05, 3.63) is 24.3 Å². The second-order valence-corrected chi connectivity index (χ2v) is 7.83. The highest BCUT2D eigenvalue weighted by molar-refractivity contribution is 7.83. The van der Waals surface area contributed by atoms with Gasteiger partial charge in [-0.05, 0) is 30.7 Å². The van der Waals surface area contributed by atoms with Gasteiger partial charge in [-0.1, -0.05) is 63.2 Å². The predicted molar refractivity (Wildman–Crippen MR) is 107 cm³/mol. The number of anilines is 1. The molecule has 3 nitrogen and oxygen atoms in total. The van der Waals surface area contributed by atoms with Crippen LogP contribution < -0.4 is 10.5 Å². The van der Waals surface area contributed by atoms with Crippen LogP contribution in [0.1, 0.15) is 58.3 Å². The third-order valence-corrected chi connectivity index (χ3v) is 5.19. The lowest BCUT2D eigenvalue weighted by atomic mass is 10.1. The first-order valence-corrected chi connectivity index (χ1v) is 10.2. The molecule has 2 aromatic rings. The Labute approximate surface area is 155 Å². The quantitative estimate of drug-likeness (QED) is 0.368. The standard InChI is InChI=1S/C19H28N2OS2/c1-2-3-4-5-6-7-8-9-14-22-16-12-10-15(11-13-16)17-18(23)24-19(20)21-17/h10-13,23H,2-9,14H2,1H3,(H2,20,21). The number of nitrogen functional groups attached to an aromatic ring is 1. The Morgan fingerprint density at radius 1 is 1.00 bits per heavy atom. The van der Waals surface area contributed by atoms with Gasteiger partial charge in [0.2, 0.25) is 0 Å². The molecule has 1 heterocycles. The Morgan fingerprint density at radius 3 is 2.21 bits per heavy atom. The van der Waals surface area contributed by atoms with Crippen molar-refractivity contribution in [3.8, 4) is 17.0 Å². The number of thiol groups is 1. The molecule has 1 aromatic carbocycles. The molecule has 0 unspecified atom stereocenters. The molecular formula is C19H28N2OS2. The lowest BCUT2D eigenvalue weighted by Crippen LogP contribution is -1.97. The Bertz CT molecular complexity index is 596. The maximum atomic E-state index is 5.82. The van der Waals surface area contributed by atoms with Crippen molar-refractivity contribution in [1.29, 1.82) is 0 Å². The lowest BCUT2D eigenvalue weighted by molar-refractivity contribution is 0.304. The van der Waals surface area contributed by atoms with Gasteiger partial charge in [0.15, 0.2) is 5.13 Å². The van der Waals surface area contributed by atoms with Crippen molar-refractivity contribution in [2.75, 3.05) is 12.3 Å². The number of rotatable bonds is 11. The number of hydrogen-bond donors (Lipinski definition) is 2. The molecule has 2 N–H and O–H groups in total. The molecule has 0 radical (unpaired) electrons. The number of thiazole rings is 1. The average Bonchev–Trinajstić information content (AvgIpc) is 2.92. The third-order valence-electron chi connectivity index (χ3n) is 4.02. The predicted octanol–water partition coefficient (Wildman–Crippen LogP) is 6.20. The van der Waals surface area contributed by atoms with Crippen molar-refractivity contribution in [3.63, 3.8) is 0 Å². The van der Waals surface area contributed by atoms with E-state index in [0.717, 1.165) is 34.2 Å². The van der Waals surface area contributed by atoms with E-state index in [1.807, 2.05) is 24.3 Å². The number of aromatic nitrogens is 1. The molecule has 0 amide bonds. The van der Waals surface area contributed by atoms with E-state index in [9.17, 15) is 0 Å². The van der Waals surface area contributed by atoms with Crippen LogP contribution in [-0.2, 0) is 0 Å². The Balaban J connectivity index is 1.65. The second kappa shape index (κ2) is 10.6. The molecule has 0 bridgehead atoms. The van der Waals surface area contributed by atoms with Crippen LogP contribution >= 0.6 is 24.0 Å². The molecule has 0 aliphatic rings. The molecule has 132 valence electrons. The number of hydrogen-bond acceptors (Lipinski definition) is 5. The summed E-state index contributed by atoms with van der Waals surface area (Å²) in [5, 5.41) is 0.546. The molecule has 1 aromatic heterocycles. The highest BCUT2D eigenvalue weighted by Crippen LogP contribution is 2.33.